The smallest absolute Gasteiger partial charge is 0.272 e. The summed E-state index contributed by atoms with van der Waals surface area (Å²) < 4.78 is 10.7. The van der Waals surface area contributed by atoms with Gasteiger partial charge < -0.3 is 25.4 Å². The molecule has 0 radical (unpaired) electrons. The number of ether oxygens (including phenoxy) is 2. The van der Waals surface area contributed by atoms with Gasteiger partial charge in [0, 0.05) is 45.1 Å². The summed E-state index contributed by atoms with van der Waals surface area (Å²) in [6.45, 7) is 0. The van der Waals surface area contributed by atoms with Gasteiger partial charge in [0.2, 0.25) is 5.91 Å². The highest BCUT2D eigenvalue weighted by Crippen LogP contribution is 2.38. The maximum atomic E-state index is 13.7. The van der Waals surface area contributed by atoms with Crippen LogP contribution in [0.2, 0.25) is 5.02 Å². The summed E-state index contributed by atoms with van der Waals surface area (Å²) in [4.78, 5) is 41.1. The van der Waals surface area contributed by atoms with Gasteiger partial charge in [-0.2, -0.15) is 0 Å². The van der Waals surface area contributed by atoms with Crippen LogP contribution in [0.15, 0.2) is 138 Å². The highest BCUT2D eigenvalue weighted by Gasteiger charge is 2.23. The number of nitrogens with one attached hydrogen (secondary N) is 3. The van der Waals surface area contributed by atoms with Crippen molar-refractivity contribution >= 4 is 58.5 Å². The van der Waals surface area contributed by atoms with Crippen LogP contribution in [0.1, 0.15) is 26.7 Å². The van der Waals surface area contributed by atoms with Crippen LogP contribution in [-0.2, 0) is 9.59 Å². The second-order valence-corrected chi connectivity index (χ2v) is 12.0. The molecule has 0 heterocycles. The maximum Gasteiger partial charge on any atom is 0.272 e. The molecule has 0 spiro atoms. The quantitative estimate of drug-likeness (QED) is 0.0908. The zero-order valence-corrected chi connectivity index (χ0v) is 27.7. The number of hydrogen-bond acceptors (Lipinski definition) is 6. The molecule has 0 saturated heterocycles. The zero-order chi connectivity index (χ0) is 33.9. The van der Waals surface area contributed by atoms with Crippen molar-refractivity contribution in [2.75, 3.05) is 24.9 Å². The van der Waals surface area contributed by atoms with Crippen LogP contribution >= 0.6 is 23.4 Å². The first-order valence-electron chi connectivity index (χ1n) is 14.8. The predicted molar refractivity (Wildman–Crippen MR) is 192 cm³/mol. The minimum atomic E-state index is -0.641. The van der Waals surface area contributed by atoms with Crippen LogP contribution in [0, 0.1) is 0 Å². The van der Waals surface area contributed by atoms with E-state index in [1.807, 2.05) is 36.4 Å². The molecule has 1 unspecified atom stereocenters. The molecule has 242 valence electrons. The van der Waals surface area contributed by atoms with Gasteiger partial charge in [0.25, 0.3) is 11.8 Å². The Morgan fingerprint density at radius 1 is 0.708 bits per heavy atom. The fourth-order valence-corrected chi connectivity index (χ4v) is 5.96. The van der Waals surface area contributed by atoms with Gasteiger partial charge in [0.15, 0.2) is 0 Å². The first kappa shape index (κ1) is 33.8. The van der Waals surface area contributed by atoms with Crippen LogP contribution in [-0.4, -0.2) is 31.9 Å². The minimum Gasteiger partial charge on any atom is -0.497 e. The number of halogens is 1. The molecule has 0 aliphatic heterocycles. The number of carbonyl (C=O) groups is 3. The molecular weight excluding hydrogens is 646 g/mol. The van der Waals surface area contributed by atoms with E-state index in [0.717, 1.165) is 10.5 Å². The van der Waals surface area contributed by atoms with E-state index in [0.29, 0.717) is 39.0 Å². The predicted octanol–water partition coefficient (Wildman–Crippen LogP) is 8.24. The van der Waals surface area contributed by atoms with Gasteiger partial charge >= 0.3 is 0 Å². The van der Waals surface area contributed by atoms with E-state index in [4.69, 9.17) is 21.1 Å². The van der Waals surface area contributed by atoms with E-state index < -0.39 is 17.1 Å². The van der Waals surface area contributed by atoms with Gasteiger partial charge in [-0.25, -0.2) is 0 Å². The lowest BCUT2D eigenvalue weighted by Crippen LogP contribution is -2.30. The summed E-state index contributed by atoms with van der Waals surface area (Å²) in [6, 6.07) is 37.3. The standard InChI is InChI=1S/C38H32ClN3O5S/c1-46-31-21-30(22-32(24-31)47-2)41-38(45)35(26-12-5-3-6-13-26)48-33-18-10-17-29(23-33)40-37(44)34(20-25-11-9-16-28(39)19-25)42-36(43)27-14-7-4-8-15-27/h3-24,35H,1-2H3,(H,40,44)(H,41,45)(H,42,43)/b34-20-. The van der Waals surface area contributed by atoms with E-state index in [9.17, 15) is 14.4 Å². The van der Waals surface area contributed by atoms with Crippen molar-refractivity contribution in [1.29, 1.82) is 0 Å². The Bertz CT molecular complexity index is 1910. The number of amides is 3. The van der Waals surface area contributed by atoms with Gasteiger partial charge in [0.1, 0.15) is 22.4 Å². The van der Waals surface area contributed by atoms with E-state index in [-0.39, 0.29) is 11.6 Å². The SMILES string of the molecule is COc1cc(NC(=O)C(Sc2cccc(NC(=O)/C(=C/c3cccc(Cl)c3)NC(=O)c3ccccc3)c2)c2ccccc2)cc(OC)c1. The molecule has 5 aromatic rings. The Morgan fingerprint density at radius 3 is 2.04 bits per heavy atom. The van der Waals surface area contributed by atoms with Crippen LogP contribution in [0.4, 0.5) is 11.4 Å². The van der Waals surface area contributed by atoms with Crippen LogP contribution in [0.25, 0.3) is 6.08 Å². The lowest BCUT2D eigenvalue weighted by molar-refractivity contribution is -0.116. The molecule has 3 amide bonds. The minimum absolute atomic E-state index is 0.0273. The summed E-state index contributed by atoms with van der Waals surface area (Å²) in [7, 11) is 3.09. The molecule has 0 saturated carbocycles. The molecule has 0 bridgehead atoms. The molecule has 10 heteroatoms. The number of anilines is 2. The van der Waals surface area contributed by atoms with Crippen LogP contribution in [0.3, 0.4) is 0 Å². The molecular formula is C38H32ClN3O5S. The molecule has 0 fully saturated rings. The lowest BCUT2D eigenvalue weighted by Gasteiger charge is -2.18. The van der Waals surface area contributed by atoms with E-state index in [2.05, 4.69) is 16.0 Å². The van der Waals surface area contributed by atoms with Gasteiger partial charge in [-0.1, -0.05) is 78.3 Å². The third-order valence-electron chi connectivity index (χ3n) is 6.99. The average molecular weight is 678 g/mol. The second-order valence-electron chi connectivity index (χ2n) is 10.4. The number of rotatable bonds is 12. The van der Waals surface area contributed by atoms with Crippen molar-refractivity contribution in [3.63, 3.8) is 0 Å². The van der Waals surface area contributed by atoms with Crippen LogP contribution < -0.4 is 25.4 Å². The third kappa shape index (κ3) is 9.28. The highest BCUT2D eigenvalue weighted by molar-refractivity contribution is 8.00. The van der Waals surface area contributed by atoms with Gasteiger partial charge in [-0.3, -0.25) is 14.4 Å². The zero-order valence-electron chi connectivity index (χ0n) is 26.1. The largest absolute Gasteiger partial charge is 0.497 e. The van der Waals surface area contributed by atoms with E-state index in [1.165, 1.54) is 11.8 Å². The fourth-order valence-electron chi connectivity index (χ4n) is 4.68. The Hall–Kier alpha value is -5.51. The normalized spacial score (nSPS) is 11.6. The monoisotopic (exact) mass is 677 g/mol. The molecule has 0 aliphatic carbocycles. The summed E-state index contributed by atoms with van der Waals surface area (Å²) >= 11 is 7.50. The third-order valence-corrected chi connectivity index (χ3v) is 8.48. The number of methoxy groups -OCH3 is 2. The first-order chi connectivity index (χ1) is 23.3. The molecule has 48 heavy (non-hydrogen) atoms. The van der Waals surface area contributed by atoms with Crippen molar-refractivity contribution in [3.05, 3.63) is 155 Å². The van der Waals surface area contributed by atoms with Crippen molar-refractivity contribution in [1.82, 2.24) is 5.32 Å². The molecule has 3 N–H and O–H groups in total. The molecule has 0 aliphatic rings. The van der Waals surface area contributed by atoms with E-state index >= 15 is 0 Å². The maximum absolute atomic E-state index is 13.7. The van der Waals surface area contributed by atoms with Crippen molar-refractivity contribution in [2.45, 2.75) is 10.1 Å². The van der Waals surface area contributed by atoms with Gasteiger partial charge in [-0.05, 0) is 59.7 Å². The second kappa shape index (κ2) is 16.4. The summed E-state index contributed by atoms with van der Waals surface area (Å²) in [6.07, 6.45) is 1.56. The van der Waals surface area contributed by atoms with Gasteiger partial charge in [-0.15, -0.1) is 11.8 Å². The Labute approximate surface area is 288 Å². The average Bonchev–Trinajstić information content (AvgIpc) is 3.11. The number of benzene rings is 5. The Morgan fingerprint density at radius 2 is 1.38 bits per heavy atom. The van der Waals surface area contributed by atoms with Crippen molar-refractivity contribution in [3.8, 4) is 11.5 Å². The van der Waals surface area contributed by atoms with Gasteiger partial charge in [0.05, 0.1) is 14.2 Å². The Kier molecular flexibility index (Phi) is 11.5. The molecule has 1 atom stereocenters. The van der Waals surface area contributed by atoms with E-state index in [1.54, 1.807) is 111 Å². The van der Waals surface area contributed by atoms with Crippen molar-refractivity contribution in [2.24, 2.45) is 0 Å². The Balaban J connectivity index is 1.38. The fraction of sp³-hybridized carbons (Fsp3) is 0.0789. The highest BCUT2D eigenvalue weighted by atomic mass is 35.5. The summed E-state index contributed by atoms with van der Waals surface area (Å²) in [5, 5.41) is 8.45. The molecule has 8 nitrogen and oxygen atoms in total. The molecule has 5 rings (SSSR count). The number of carbonyl (C=O) groups excluding carboxylic acids is 3. The topological polar surface area (TPSA) is 106 Å². The molecule has 5 aromatic carbocycles. The summed E-state index contributed by atoms with van der Waals surface area (Å²) in [5.41, 5.74) is 2.85. The lowest BCUT2D eigenvalue weighted by atomic mass is 10.1. The van der Waals surface area contributed by atoms with Crippen molar-refractivity contribution < 1.29 is 23.9 Å². The first-order valence-corrected chi connectivity index (χ1v) is 16.1. The summed E-state index contributed by atoms with van der Waals surface area (Å²) in [5.74, 6) is -0.146. The molecule has 0 aromatic heterocycles. The number of hydrogen-bond donors (Lipinski definition) is 3. The number of thioether (sulfide) groups is 1. The van der Waals surface area contributed by atoms with Crippen LogP contribution in [0.5, 0.6) is 11.5 Å².